The van der Waals surface area contributed by atoms with Crippen LogP contribution < -0.4 is 0 Å². The average molecular weight is 196 g/mol. The lowest BCUT2D eigenvalue weighted by molar-refractivity contribution is 0.865. The van der Waals surface area contributed by atoms with Crippen LogP contribution in [-0.2, 0) is 6.42 Å². The highest BCUT2D eigenvalue weighted by Crippen LogP contribution is 2.14. The maximum atomic E-state index is 5.88. The molecular weight excluding hydrogens is 186 g/mol. The number of hydrogen-bond donors (Lipinski definition) is 0. The number of imidazole rings is 1. The van der Waals surface area contributed by atoms with Gasteiger partial charge in [0, 0.05) is 24.3 Å². The minimum atomic E-state index is 0.463. The Morgan fingerprint density at radius 1 is 1.46 bits per heavy atom. The van der Waals surface area contributed by atoms with E-state index < -0.39 is 0 Å². The van der Waals surface area contributed by atoms with Crippen LogP contribution in [0.5, 0.6) is 0 Å². The molecule has 0 unspecified atom stereocenters. The highest BCUT2D eigenvalue weighted by atomic mass is 35.5. The first-order valence-corrected chi connectivity index (χ1v) is 4.67. The van der Waals surface area contributed by atoms with Crippen LogP contribution in [0.25, 0.3) is 5.65 Å². The smallest absolute Gasteiger partial charge is 0.175 e. The quantitative estimate of drug-likeness (QED) is 0.737. The highest BCUT2D eigenvalue weighted by molar-refractivity contribution is 6.32. The number of fused-ring (bicyclic) bond motifs is 1. The molecule has 13 heavy (non-hydrogen) atoms. The molecule has 0 saturated carbocycles. The zero-order valence-corrected chi connectivity index (χ0v) is 8.12. The van der Waals surface area contributed by atoms with Crippen molar-refractivity contribution in [3.05, 3.63) is 29.4 Å². The fraction of sp³-hybridized carbons (Fsp3) is 0.333. The average Bonchev–Trinajstić information content (AvgIpc) is 2.51. The maximum Gasteiger partial charge on any atom is 0.175 e. The summed E-state index contributed by atoms with van der Waals surface area (Å²) in [6, 6.07) is 0. The van der Waals surface area contributed by atoms with Gasteiger partial charge in [-0.3, -0.25) is 4.40 Å². The van der Waals surface area contributed by atoms with Gasteiger partial charge in [-0.2, -0.15) is 0 Å². The first-order chi connectivity index (χ1) is 6.33. The number of halogens is 1. The predicted octanol–water partition coefficient (Wildman–Crippen LogP) is 2.34. The minimum absolute atomic E-state index is 0.463. The first-order valence-electron chi connectivity index (χ1n) is 4.29. The summed E-state index contributed by atoms with van der Waals surface area (Å²) in [7, 11) is 0. The standard InChI is InChI=1S/C9H10ClN3/c1-2-3-7-6-12-9-8(10)11-4-5-13(7)9/h4-6H,2-3H2,1H3. The second-order valence-corrected chi connectivity index (χ2v) is 3.27. The normalized spacial score (nSPS) is 10.9. The van der Waals surface area contributed by atoms with Crippen molar-refractivity contribution in [2.45, 2.75) is 19.8 Å². The third-order valence-corrected chi connectivity index (χ3v) is 2.23. The first kappa shape index (κ1) is 8.51. The molecule has 0 aliphatic rings. The Balaban J connectivity index is 2.61. The Morgan fingerprint density at radius 3 is 3.08 bits per heavy atom. The molecule has 0 fully saturated rings. The Hall–Kier alpha value is -1.09. The summed E-state index contributed by atoms with van der Waals surface area (Å²) in [6.07, 6.45) is 7.55. The second-order valence-electron chi connectivity index (χ2n) is 2.91. The van der Waals surface area contributed by atoms with Gasteiger partial charge in [-0.25, -0.2) is 9.97 Å². The van der Waals surface area contributed by atoms with Crippen molar-refractivity contribution in [3.63, 3.8) is 0 Å². The summed E-state index contributed by atoms with van der Waals surface area (Å²) < 4.78 is 1.98. The third-order valence-electron chi connectivity index (χ3n) is 1.97. The maximum absolute atomic E-state index is 5.88. The summed E-state index contributed by atoms with van der Waals surface area (Å²) in [6.45, 7) is 2.14. The fourth-order valence-corrected chi connectivity index (χ4v) is 1.58. The third kappa shape index (κ3) is 1.40. The van der Waals surface area contributed by atoms with Crippen LogP contribution >= 0.6 is 11.6 Å². The summed E-state index contributed by atoms with van der Waals surface area (Å²) in [4.78, 5) is 8.17. The van der Waals surface area contributed by atoms with Crippen LogP contribution in [0.4, 0.5) is 0 Å². The molecule has 0 aliphatic heterocycles. The fourth-order valence-electron chi connectivity index (χ4n) is 1.38. The summed E-state index contributed by atoms with van der Waals surface area (Å²) in [5.74, 6) is 0. The van der Waals surface area contributed by atoms with Crippen molar-refractivity contribution >= 4 is 17.2 Å². The molecule has 0 aromatic carbocycles. The lowest BCUT2D eigenvalue weighted by Gasteiger charge is -1.98. The molecule has 0 aliphatic carbocycles. The molecular formula is C9H10ClN3. The van der Waals surface area contributed by atoms with Gasteiger partial charge in [-0.1, -0.05) is 24.9 Å². The Morgan fingerprint density at radius 2 is 2.31 bits per heavy atom. The van der Waals surface area contributed by atoms with E-state index in [9.17, 15) is 0 Å². The van der Waals surface area contributed by atoms with E-state index in [4.69, 9.17) is 11.6 Å². The molecule has 0 atom stereocenters. The molecule has 0 bridgehead atoms. The van der Waals surface area contributed by atoms with E-state index in [-0.39, 0.29) is 0 Å². The van der Waals surface area contributed by atoms with E-state index in [0.29, 0.717) is 5.15 Å². The zero-order valence-electron chi connectivity index (χ0n) is 7.37. The molecule has 0 N–H and O–H groups in total. The van der Waals surface area contributed by atoms with Crippen LogP contribution in [0.3, 0.4) is 0 Å². The molecule has 2 aromatic heterocycles. The van der Waals surface area contributed by atoms with Crippen LogP contribution in [0.1, 0.15) is 19.0 Å². The van der Waals surface area contributed by atoms with Crippen molar-refractivity contribution in [1.29, 1.82) is 0 Å². The Labute approximate surface area is 81.4 Å². The Kier molecular flexibility index (Phi) is 2.19. The van der Waals surface area contributed by atoms with Crippen LogP contribution in [-0.4, -0.2) is 14.4 Å². The minimum Gasteiger partial charge on any atom is -0.300 e. The van der Waals surface area contributed by atoms with Gasteiger partial charge in [0.1, 0.15) is 0 Å². The van der Waals surface area contributed by atoms with E-state index in [1.807, 2.05) is 16.8 Å². The van der Waals surface area contributed by atoms with Gasteiger partial charge in [-0.05, 0) is 6.42 Å². The molecule has 0 spiro atoms. The van der Waals surface area contributed by atoms with E-state index >= 15 is 0 Å². The number of aryl methyl sites for hydroxylation is 1. The Bertz CT molecular complexity index is 422. The molecule has 0 amide bonds. The molecule has 0 radical (unpaired) electrons. The van der Waals surface area contributed by atoms with E-state index in [1.54, 1.807) is 6.20 Å². The van der Waals surface area contributed by atoms with Crippen molar-refractivity contribution in [3.8, 4) is 0 Å². The highest BCUT2D eigenvalue weighted by Gasteiger charge is 2.04. The van der Waals surface area contributed by atoms with Gasteiger partial charge < -0.3 is 0 Å². The molecule has 68 valence electrons. The van der Waals surface area contributed by atoms with Crippen molar-refractivity contribution < 1.29 is 0 Å². The summed E-state index contributed by atoms with van der Waals surface area (Å²) in [5, 5.41) is 0.463. The van der Waals surface area contributed by atoms with Crippen molar-refractivity contribution in [2.75, 3.05) is 0 Å². The SMILES string of the molecule is CCCc1cnc2c(Cl)nccn12. The molecule has 2 rings (SSSR count). The van der Waals surface area contributed by atoms with Crippen molar-refractivity contribution in [1.82, 2.24) is 14.4 Å². The zero-order chi connectivity index (χ0) is 9.26. The largest absolute Gasteiger partial charge is 0.300 e. The topological polar surface area (TPSA) is 30.2 Å². The van der Waals surface area contributed by atoms with E-state index in [2.05, 4.69) is 16.9 Å². The van der Waals surface area contributed by atoms with Gasteiger partial charge in [-0.15, -0.1) is 0 Å². The molecule has 2 heterocycles. The number of hydrogen-bond acceptors (Lipinski definition) is 2. The second kappa shape index (κ2) is 3.34. The van der Waals surface area contributed by atoms with E-state index in [1.165, 1.54) is 5.69 Å². The lowest BCUT2D eigenvalue weighted by atomic mass is 10.3. The number of aromatic nitrogens is 3. The number of rotatable bonds is 2. The molecule has 2 aromatic rings. The summed E-state index contributed by atoms with van der Waals surface area (Å²) in [5.41, 5.74) is 1.93. The monoisotopic (exact) mass is 195 g/mol. The predicted molar refractivity (Wildman–Crippen MR) is 52.0 cm³/mol. The number of nitrogens with zero attached hydrogens (tertiary/aromatic N) is 3. The van der Waals surface area contributed by atoms with Gasteiger partial charge >= 0.3 is 0 Å². The van der Waals surface area contributed by atoms with Crippen LogP contribution in [0.2, 0.25) is 5.15 Å². The molecule has 3 nitrogen and oxygen atoms in total. The van der Waals surface area contributed by atoms with Gasteiger partial charge in [0.05, 0.1) is 0 Å². The molecule has 0 saturated heterocycles. The van der Waals surface area contributed by atoms with Crippen LogP contribution in [0, 0.1) is 0 Å². The van der Waals surface area contributed by atoms with Gasteiger partial charge in [0.15, 0.2) is 10.8 Å². The van der Waals surface area contributed by atoms with Gasteiger partial charge in [0.25, 0.3) is 0 Å². The van der Waals surface area contributed by atoms with E-state index in [0.717, 1.165) is 18.5 Å². The lowest BCUT2D eigenvalue weighted by Crippen LogP contribution is -1.93. The van der Waals surface area contributed by atoms with Crippen molar-refractivity contribution in [2.24, 2.45) is 0 Å². The van der Waals surface area contributed by atoms with Gasteiger partial charge in [0.2, 0.25) is 0 Å². The van der Waals surface area contributed by atoms with Crippen LogP contribution in [0.15, 0.2) is 18.6 Å². The molecule has 4 heteroatoms. The summed E-state index contributed by atoms with van der Waals surface area (Å²) >= 11 is 5.88.